The summed E-state index contributed by atoms with van der Waals surface area (Å²) in [5.41, 5.74) is 1.39. The average Bonchev–Trinajstić information content (AvgIpc) is 2.64. The van der Waals surface area contributed by atoms with Crippen molar-refractivity contribution in [2.75, 3.05) is 0 Å². The third-order valence-corrected chi connectivity index (χ3v) is 4.86. The van der Waals surface area contributed by atoms with E-state index in [1.807, 2.05) is 6.92 Å². The number of unbranched alkanes of at least 4 members (excludes halogenated alkanes) is 4. The number of carboxylic acid groups (broad SMARTS) is 1. The summed E-state index contributed by atoms with van der Waals surface area (Å²) in [4.78, 5) is 21.2. The molecule has 1 N–H and O–H groups in total. The van der Waals surface area contributed by atoms with Gasteiger partial charge in [0.1, 0.15) is 6.29 Å². The van der Waals surface area contributed by atoms with Crippen LogP contribution in [0.4, 0.5) is 0 Å². The van der Waals surface area contributed by atoms with E-state index in [4.69, 9.17) is 5.11 Å². The molecule has 144 valence electrons. The van der Waals surface area contributed by atoms with Crippen LogP contribution < -0.4 is 0 Å². The third-order valence-electron chi connectivity index (χ3n) is 4.86. The number of rotatable bonds is 15. The van der Waals surface area contributed by atoms with E-state index in [1.165, 1.54) is 37.3 Å². The molecule has 2 atom stereocenters. The molecule has 0 aliphatic rings. The van der Waals surface area contributed by atoms with Crippen molar-refractivity contribution in [3.8, 4) is 0 Å². The van der Waals surface area contributed by atoms with Crippen LogP contribution in [0.3, 0.4) is 0 Å². The second kappa shape index (κ2) is 14.3. The number of carbonyl (C=O) groups excluding carboxylic acids is 1. The van der Waals surface area contributed by atoms with Crippen LogP contribution >= 0.6 is 0 Å². The summed E-state index contributed by atoms with van der Waals surface area (Å²) in [6.45, 7) is 1.99. The van der Waals surface area contributed by atoms with Gasteiger partial charge in [0.2, 0.25) is 0 Å². The zero-order valence-electron chi connectivity index (χ0n) is 16.1. The first-order valence-corrected chi connectivity index (χ1v) is 10.0. The highest BCUT2D eigenvalue weighted by Crippen LogP contribution is 2.22. The van der Waals surface area contributed by atoms with Gasteiger partial charge in [-0.3, -0.25) is 0 Å². The van der Waals surface area contributed by atoms with Crippen molar-refractivity contribution in [3.05, 3.63) is 48.0 Å². The van der Waals surface area contributed by atoms with Crippen molar-refractivity contribution in [1.29, 1.82) is 0 Å². The second-order valence-electron chi connectivity index (χ2n) is 7.33. The van der Waals surface area contributed by atoms with Crippen molar-refractivity contribution in [1.82, 2.24) is 0 Å². The fourth-order valence-corrected chi connectivity index (χ4v) is 3.33. The summed E-state index contributed by atoms with van der Waals surface area (Å²) in [7, 11) is 0. The van der Waals surface area contributed by atoms with E-state index in [9.17, 15) is 9.59 Å². The number of aldehydes is 1. The topological polar surface area (TPSA) is 54.4 Å². The predicted molar refractivity (Wildman–Crippen MR) is 107 cm³/mol. The molecule has 0 heterocycles. The SMILES string of the molecule is CC(C=O)CCCCCCC(CCCC=CC(=O)O)Cc1ccccc1. The van der Waals surface area contributed by atoms with Gasteiger partial charge in [-0.05, 0) is 43.6 Å². The Morgan fingerprint density at radius 3 is 2.31 bits per heavy atom. The second-order valence-corrected chi connectivity index (χ2v) is 7.33. The molecule has 0 fully saturated rings. The molecular formula is C23H34O3. The summed E-state index contributed by atoms with van der Waals surface area (Å²) < 4.78 is 0. The van der Waals surface area contributed by atoms with E-state index in [-0.39, 0.29) is 5.92 Å². The Morgan fingerprint density at radius 1 is 1.00 bits per heavy atom. The number of hydrogen-bond acceptors (Lipinski definition) is 2. The standard InChI is InChI=1S/C23H34O3/c1-20(19-24)12-6-2-3-7-13-21(16-10-5-11-17-23(25)26)18-22-14-8-4-9-15-22/h4,8-9,11,14-15,17,19-21H,2-3,5-7,10,12-13,16,18H2,1H3,(H,25,26). The lowest BCUT2D eigenvalue weighted by atomic mass is 9.89. The van der Waals surface area contributed by atoms with Gasteiger partial charge in [-0.15, -0.1) is 0 Å². The molecule has 1 aromatic rings. The molecule has 0 amide bonds. The Balaban J connectivity index is 2.32. The number of benzene rings is 1. The van der Waals surface area contributed by atoms with Crippen LogP contribution in [0.2, 0.25) is 0 Å². The first-order chi connectivity index (χ1) is 12.6. The summed E-state index contributed by atoms with van der Waals surface area (Å²) >= 11 is 0. The summed E-state index contributed by atoms with van der Waals surface area (Å²) in [5.74, 6) is -0.0149. The maximum Gasteiger partial charge on any atom is 0.327 e. The molecule has 0 aromatic heterocycles. The first kappa shape index (κ1) is 22.1. The van der Waals surface area contributed by atoms with Crippen LogP contribution in [0.25, 0.3) is 0 Å². The van der Waals surface area contributed by atoms with Crippen molar-refractivity contribution < 1.29 is 14.7 Å². The molecule has 0 spiro atoms. The van der Waals surface area contributed by atoms with Crippen molar-refractivity contribution >= 4 is 12.3 Å². The van der Waals surface area contributed by atoms with Crippen LogP contribution in [0, 0.1) is 11.8 Å². The van der Waals surface area contributed by atoms with Crippen molar-refractivity contribution in [3.63, 3.8) is 0 Å². The normalized spacial score (nSPS) is 13.6. The fraction of sp³-hybridized carbons (Fsp3) is 0.565. The Labute approximate surface area is 158 Å². The van der Waals surface area contributed by atoms with Gasteiger partial charge in [0.25, 0.3) is 0 Å². The Bertz CT molecular complexity index is 522. The van der Waals surface area contributed by atoms with E-state index in [2.05, 4.69) is 30.3 Å². The first-order valence-electron chi connectivity index (χ1n) is 10.0. The highest BCUT2D eigenvalue weighted by atomic mass is 16.4. The van der Waals surface area contributed by atoms with Gasteiger partial charge in [0.15, 0.2) is 0 Å². The maximum absolute atomic E-state index is 10.6. The number of carbonyl (C=O) groups is 2. The number of allylic oxidation sites excluding steroid dienone is 1. The van der Waals surface area contributed by atoms with Gasteiger partial charge in [-0.1, -0.05) is 75.4 Å². The van der Waals surface area contributed by atoms with Crippen LogP contribution in [0.1, 0.15) is 70.3 Å². The lowest BCUT2D eigenvalue weighted by Crippen LogP contribution is -2.05. The minimum atomic E-state index is -0.866. The molecule has 0 bridgehead atoms. The maximum atomic E-state index is 10.6. The third kappa shape index (κ3) is 11.6. The van der Waals surface area contributed by atoms with Gasteiger partial charge in [-0.2, -0.15) is 0 Å². The molecule has 1 rings (SSSR count). The van der Waals surface area contributed by atoms with E-state index >= 15 is 0 Å². The summed E-state index contributed by atoms with van der Waals surface area (Å²) in [6.07, 6.45) is 15.2. The highest BCUT2D eigenvalue weighted by Gasteiger charge is 2.09. The zero-order chi connectivity index (χ0) is 19.0. The van der Waals surface area contributed by atoms with Crippen LogP contribution in [-0.2, 0) is 16.0 Å². The monoisotopic (exact) mass is 358 g/mol. The van der Waals surface area contributed by atoms with Gasteiger partial charge in [-0.25, -0.2) is 4.79 Å². The summed E-state index contributed by atoms with van der Waals surface area (Å²) in [6, 6.07) is 10.6. The Hall–Kier alpha value is -1.90. The highest BCUT2D eigenvalue weighted by molar-refractivity contribution is 5.79. The molecule has 0 aliphatic carbocycles. The molecule has 2 unspecified atom stereocenters. The van der Waals surface area contributed by atoms with Crippen molar-refractivity contribution in [2.24, 2.45) is 11.8 Å². The minimum absolute atomic E-state index is 0.194. The Kier molecular flexibility index (Phi) is 12.2. The van der Waals surface area contributed by atoms with Gasteiger partial charge >= 0.3 is 5.97 Å². The molecular weight excluding hydrogens is 324 g/mol. The van der Waals surface area contributed by atoms with E-state index in [0.29, 0.717) is 5.92 Å². The average molecular weight is 359 g/mol. The van der Waals surface area contributed by atoms with E-state index < -0.39 is 5.97 Å². The summed E-state index contributed by atoms with van der Waals surface area (Å²) in [5, 5.41) is 8.65. The van der Waals surface area contributed by atoms with E-state index in [1.54, 1.807) is 6.08 Å². The van der Waals surface area contributed by atoms with Crippen molar-refractivity contribution in [2.45, 2.75) is 71.1 Å². The molecule has 1 aromatic carbocycles. The van der Waals surface area contributed by atoms with Crippen LogP contribution in [-0.4, -0.2) is 17.4 Å². The predicted octanol–water partition coefficient (Wildman–Crippen LogP) is 5.83. The van der Waals surface area contributed by atoms with Crippen LogP contribution in [0.5, 0.6) is 0 Å². The largest absolute Gasteiger partial charge is 0.478 e. The molecule has 0 radical (unpaired) electrons. The quantitative estimate of drug-likeness (QED) is 0.244. The van der Waals surface area contributed by atoms with Gasteiger partial charge in [0.05, 0.1) is 0 Å². The Morgan fingerprint density at radius 2 is 1.65 bits per heavy atom. The zero-order valence-corrected chi connectivity index (χ0v) is 16.1. The lowest BCUT2D eigenvalue weighted by molar-refractivity contribution is -0.131. The number of carboxylic acids is 1. The molecule has 26 heavy (non-hydrogen) atoms. The van der Waals surface area contributed by atoms with Gasteiger partial charge < -0.3 is 9.90 Å². The smallest absolute Gasteiger partial charge is 0.327 e. The number of aliphatic carboxylic acids is 1. The molecule has 0 saturated heterocycles. The van der Waals surface area contributed by atoms with Crippen LogP contribution in [0.15, 0.2) is 42.5 Å². The minimum Gasteiger partial charge on any atom is -0.478 e. The fourth-order valence-electron chi connectivity index (χ4n) is 3.33. The molecule has 0 saturated carbocycles. The molecule has 3 nitrogen and oxygen atoms in total. The van der Waals surface area contributed by atoms with Gasteiger partial charge in [0, 0.05) is 12.0 Å². The van der Waals surface area contributed by atoms with E-state index in [0.717, 1.165) is 44.8 Å². The molecule has 0 aliphatic heterocycles. The molecule has 3 heteroatoms. The lowest BCUT2D eigenvalue weighted by Gasteiger charge is -2.17. The number of hydrogen-bond donors (Lipinski definition) is 1.